The van der Waals surface area contributed by atoms with Crippen LogP contribution in [0.15, 0.2) is 48.5 Å². The summed E-state index contributed by atoms with van der Waals surface area (Å²) < 4.78 is 5.31. The van der Waals surface area contributed by atoms with Crippen LogP contribution in [0, 0.1) is 6.92 Å². The molecule has 0 aliphatic heterocycles. The van der Waals surface area contributed by atoms with Crippen molar-refractivity contribution in [2.24, 2.45) is 0 Å². The molecule has 0 unspecified atom stereocenters. The Morgan fingerprint density at radius 2 is 1.91 bits per heavy atom. The summed E-state index contributed by atoms with van der Waals surface area (Å²) in [5.41, 5.74) is 8.16. The van der Waals surface area contributed by atoms with E-state index in [1.165, 1.54) is 0 Å². The molecule has 0 atom stereocenters. The number of rotatable bonds is 3. The lowest BCUT2D eigenvalue weighted by Gasteiger charge is -2.05. The van der Waals surface area contributed by atoms with E-state index in [0.29, 0.717) is 17.2 Å². The van der Waals surface area contributed by atoms with Gasteiger partial charge in [0.2, 0.25) is 5.82 Å². The Morgan fingerprint density at radius 3 is 2.73 bits per heavy atom. The number of benzene rings is 2. The molecule has 0 bridgehead atoms. The van der Waals surface area contributed by atoms with Gasteiger partial charge in [0.05, 0.1) is 10.9 Å². The minimum Gasteiger partial charge on any atom is -0.451 e. The summed E-state index contributed by atoms with van der Waals surface area (Å²) in [5.74, 6) is 0.644. The molecule has 2 aromatic carbocycles. The Hall–Kier alpha value is -2.95. The summed E-state index contributed by atoms with van der Waals surface area (Å²) >= 11 is 0. The van der Waals surface area contributed by atoms with E-state index < -0.39 is 0 Å². The number of esters is 1. The van der Waals surface area contributed by atoms with E-state index in [9.17, 15) is 4.79 Å². The molecule has 1 aromatic heterocycles. The average molecular weight is 294 g/mol. The fraction of sp³-hybridized carbons (Fsp3) is 0.118. The van der Waals surface area contributed by atoms with Crippen LogP contribution in [0.5, 0.6) is 0 Å². The molecule has 0 spiro atoms. The Balaban J connectivity index is 1.79. The standard InChI is InChI=1S/C17H15N3O2/c1-11-6-2-3-7-12(11)17(21)22-10-15-19-14-9-5-4-8-13(14)16(18)20-15/h2-9H,10H2,1H3,(H2,18,19,20)/p+1. The van der Waals surface area contributed by atoms with E-state index in [-0.39, 0.29) is 12.6 Å². The number of H-pyrrole nitrogens is 1. The first-order valence-electron chi connectivity index (χ1n) is 6.94. The van der Waals surface area contributed by atoms with Crippen LogP contribution in [0.1, 0.15) is 21.7 Å². The molecule has 5 nitrogen and oxygen atoms in total. The minimum atomic E-state index is -0.375. The summed E-state index contributed by atoms with van der Waals surface area (Å²) in [7, 11) is 0. The molecule has 0 saturated heterocycles. The third kappa shape index (κ3) is 2.74. The van der Waals surface area contributed by atoms with Crippen molar-refractivity contribution < 1.29 is 14.5 Å². The lowest BCUT2D eigenvalue weighted by Crippen LogP contribution is -2.21. The van der Waals surface area contributed by atoms with Gasteiger partial charge in [-0.05, 0) is 30.7 Å². The van der Waals surface area contributed by atoms with Crippen LogP contribution in [0.4, 0.5) is 5.82 Å². The van der Waals surface area contributed by atoms with Crippen molar-refractivity contribution in [3.8, 4) is 0 Å². The number of nitrogens with two attached hydrogens (primary N) is 1. The highest BCUT2D eigenvalue weighted by Gasteiger charge is 2.14. The van der Waals surface area contributed by atoms with Crippen LogP contribution in [0.3, 0.4) is 0 Å². The smallest absolute Gasteiger partial charge is 0.338 e. The number of para-hydroxylation sites is 1. The molecular weight excluding hydrogens is 278 g/mol. The lowest BCUT2D eigenvalue weighted by atomic mass is 10.1. The Bertz CT molecular complexity index is 846. The summed E-state index contributed by atoms with van der Waals surface area (Å²) in [6.07, 6.45) is 0. The van der Waals surface area contributed by atoms with Crippen molar-refractivity contribution in [3.63, 3.8) is 0 Å². The van der Waals surface area contributed by atoms with Crippen LogP contribution in [-0.2, 0) is 11.3 Å². The molecule has 110 valence electrons. The maximum absolute atomic E-state index is 12.1. The predicted octanol–water partition coefficient (Wildman–Crippen LogP) is 2.30. The largest absolute Gasteiger partial charge is 0.451 e. The number of aryl methyl sites for hydroxylation is 1. The average Bonchev–Trinajstić information content (AvgIpc) is 2.53. The topological polar surface area (TPSA) is 79.3 Å². The molecule has 1 heterocycles. The summed E-state index contributed by atoms with van der Waals surface area (Å²) in [5, 5.41) is 0.844. The molecule has 5 heteroatoms. The van der Waals surface area contributed by atoms with E-state index in [4.69, 9.17) is 10.5 Å². The Labute approximate surface area is 127 Å². The zero-order valence-corrected chi connectivity index (χ0v) is 12.2. The van der Waals surface area contributed by atoms with E-state index in [1.54, 1.807) is 6.07 Å². The van der Waals surface area contributed by atoms with Gasteiger partial charge in [0.25, 0.3) is 5.82 Å². The number of hydrogen-bond donors (Lipinski definition) is 1. The van der Waals surface area contributed by atoms with Crippen LogP contribution < -0.4 is 10.7 Å². The van der Waals surface area contributed by atoms with Crippen LogP contribution in [0.25, 0.3) is 10.9 Å². The molecule has 22 heavy (non-hydrogen) atoms. The number of aromatic amines is 1. The summed E-state index contributed by atoms with van der Waals surface area (Å²) in [4.78, 5) is 19.5. The number of ether oxygens (including phenoxy) is 1. The highest BCUT2D eigenvalue weighted by atomic mass is 16.5. The van der Waals surface area contributed by atoms with Crippen molar-refractivity contribution in [2.45, 2.75) is 13.5 Å². The van der Waals surface area contributed by atoms with Crippen molar-refractivity contribution >= 4 is 22.7 Å². The number of carbonyl (C=O) groups excluding carboxylic acids is 1. The van der Waals surface area contributed by atoms with Crippen LogP contribution in [0.2, 0.25) is 0 Å². The van der Waals surface area contributed by atoms with Crippen LogP contribution in [-0.4, -0.2) is 11.0 Å². The zero-order valence-electron chi connectivity index (χ0n) is 12.2. The second-order valence-electron chi connectivity index (χ2n) is 5.01. The zero-order chi connectivity index (χ0) is 15.5. The van der Waals surface area contributed by atoms with Gasteiger partial charge >= 0.3 is 5.97 Å². The maximum Gasteiger partial charge on any atom is 0.338 e. The van der Waals surface area contributed by atoms with Gasteiger partial charge in [-0.3, -0.25) is 0 Å². The first kappa shape index (κ1) is 14.0. The monoisotopic (exact) mass is 294 g/mol. The molecule has 0 amide bonds. The third-order valence-electron chi connectivity index (χ3n) is 3.43. The van der Waals surface area contributed by atoms with E-state index in [0.717, 1.165) is 16.5 Å². The fourth-order valence-corrected chi connectivity index (χ4v) is 2.28. The number of aromatic nitrogens is 2. The van der Waals surface area contributed by atoms with Gasteiger partial charge in [-0.2, -0.15) is 0 Å². The van der Waals surface area contributed by atoms with Crippen molar-refractivity contribution in [1.29, 1.82) is 0 Å². The number of carbonyl (C=O) groups is 1. The fourth-order valence-electron chi connectivity index (χ4n) is 2.28. The SMILES string of the molecule is Cc1ccccc1C(=O)OCc1nc2ccccc2c(N)[nH+]1. The van der Waals surface area contributed by atoms with Gasteiger partial charge in [0, 0.05) is 0 Å². The molecular formula is C17H16N3O2+. The number of nitrogen functional groups attached to an aromatic ring is 1. The molecule has 0 fully saturated rings. The number of nitrogens with one attached hydrogen (secondary N) is 1. The van der Waals surface area contributed by atoms with Crippen LogP contribution >= 0.6 is 0 Å². The van der Waals surface area contributed by atoms with E-state index >= 15 is 0 Å². The molecule has 3 N–H and O–H groups in total. The second kappa shape index (κ2) is 5.81. The van der Waals surface area contributed by atoms with Gasteiger partial charge in [0.15, 0.2) is 12.1 Å². The van der Waals surface area contributed by atoms with Crippen molar-refractivity contribution in [2.75, 3.05) is 5.73 Å². The number of fused-ring (bicyclic) bond motifs is 1. The van der Waals surface area contributed by atoms with Gasteiger partial charge in [-0.15, -0.1) is 4.98 Å². The van der Waals surface area contributed by atoms with Gasteiger partial charge < -0.3 is 10.5 Å². The van der Waals surface area contributed by atoms with Crippen molar-refractivity contribution in [3.05, 3.63) is 65.5 Å². The minimum absolute atomic E-state index is 0.0439. The van der Waals surface area contributed by atoms with Crippen molar-refractivity contribution in [1.82, 2.24) is 4.98 Å². The third-order valence-corrected chi connectivity index (χ3v) is 3.43. The highest BCUT2D eigenvalue weighted by molar-refractivity contribution is 5.91. The maximum atomic E-state index is 12.1. The Morgan fingerprint density at radius 1 is 1.18 bits per heavy atom. The van der Waals surface area contributed by atoms with E-state index in [2.05, 4.69) is 9.97 Å². The number of nitrogens with zero attached hydrogens (tertiary/aromatic N) is 1. The van der Waals surface area contributed by atoms with E-state index in [1.807, 2.05) is 49.4 Å². The van der Waals surface area contributed by atoms with Gasteiger partial charge in [0.1, 0.15) is 0 Å². The number of anilines is 1. The highest BCUT2D eigenvalue weighted by Crippen LogP contribution is 2.15. The first-order valence-corrected chi connectivity index (χ1v) is 6.94. The predicted molar refractivity (Wildman–Crippen MR) is 83.0 cm³/mol. The summed E-state index contributed by atoms with van der Waals surface area (Å²) in [6, 6.07) is 14.8. The normalized spacial score (nSPS) is 10.6. The lowest BCUT2D eigenvalue weighted by molar-refractivity contribution is -0.381. The molecule has 0 saturated carbocycles. The molecule has 0 aliphatic rings. The molecule has 0 aliphatic carbocycles. The molecule has 3 rings (SSSR count). The van der Waals surface area contributed by atoms with Gasteiger partial charge in [-0.25, -0.2) is 9.78 Å². The first-order chi connectivity index (χ1) is 10.6. The molecule has 3 aromatic rings. The number of hydrogen-bond acceptors (Lipinski definition) is 4. The quantitative estimate of drug-likeness (QED) is 0.752. The van der Waals surface area contributed by atoms with Gasteiger partial charge in [-0.1, -0.05) is 30.3 Å². The Kier molecular flexibility index (Phi) is 3.70. The summed E-state index contributed by atoms with van der Waals surface area (Å²) in [6.45, 7) is 1.91. The second-order valence-corrected chi connectivity index (χ2v) is 5.01. The molecule has 0 radical (unpaired) electrons.